The molecule has 1 aliphatic rings. The molecule has 0 fully saturated rings. The van der Waals surface area contributed by atoms with Gasteiger partial charge in [-0.05, 0) is 23.6 Å². The maximum Gasteiger partial charge on any atom is 0.261 e. The van der Waals surface area contributed by atoms with E-state index in [1.54, 1.807) is 17.3 Å². The van der Waals surface area contributed by atoms with Gasteiger partial charge < -0.3 is 9.80 Å². The number of hydrogen-bond acceptors (Lipinski definition) is 4. The van der Waals surface area contributed by atoms with Crippen LogP contribution in [0.2, 0.25) is 0 Å². The second kappa shape index (κ2) is 6.96. The van der Waals surface area contributed by atoms with E-state index >= 15 is 0 Å². The van der Waals surface area contributed by atoms with Gasteiger partial charge in [0.1, 0.15) is 0 Å². The molecule has 5 nitrogen and oxygen atoms in total. The minimum absolute atomic E-state index is 0.0489. The van der Waals surface area contributed by atoms with Gasteiger partial charge in [0.15, 0.2) is 0 Å². The molecule has 0 spiro atoms. The molecule has 1 aliphatic heterocycles. The first kappa shape index (κ1) is 16.3. The Kier molecular flexibility index (Phi) is 4.35. The van der Waals surface area contributed by atoms with E-state index in [1.165, 1.54) is 11.1 Å². The van der Waals surface area contributed by atoms with Gasteiger partial charge in [-0.3, -0.25) is 4.79 Å². The summed E-state index contributed by atoms with van der Waals surface area (Å²) >= 11 is 0. The standard InChI is InChI=1S/C21H20N4O/c1-24(15-16-7-3-2-4-8-16)21-22-13-18(14-23-21)20(26)25-12-11-17-9-5-6-10-19(17)25/h2-10,13-14H,11-12,15H2,1H3. The molecule has 0 bridgehead atoms. The first-order valence-electron chi connectivity index (χ1n) is 8.69. The number of anilines is 2. The van der Waals surface area contributed by atoms with E-state index in [2.05, 4.69) is 28.2 Å². The predicted molar refractivity (Wildman–Crippen MR) is 102 cm³/mol. The van der Waals surface area contributed by atoms with Crippen molar-refractivity contribution in [3.05, 3.63) is 83.7 Å². The normalized spacial score (nSPS) is 12.7. The van der Waals surface area contributed by atoms with Crippen LogP contribution in [0.15, 0.2) is 67.0 Å². The number of carbonyl (C=O) groups excluding carboxylic acids is 1. The van der Waals surface area contributed by atoms with E-state index in [0.29, 0.717) is 24.6 Å². The number of amides is 1. The summed E-state index contributed by atoms with van der Waals surface area (Å²) < 4.78 is 0. The molecular weight excluding hydrogens is 324 g/mol. The minimum Gasteiger partial charge on any atom is -0.340 e. The molecule has 0 radical (unpaired) electrons. The molecule has 26 heavy (non-hydrogen) atoms. The zero-order valence-electron chi connectivity index (χ0n) is 14.7. The molecule has 5 heteroatoms. The van der Waals surface area contributed by atoms with Crippen molar-refractivity contribution in [2.45, 2.75) is 13.0 Å². The highest BCUT2D eigenvalue weighted by Crippen LogP contribution is 2.28. The Labute approximate surface area is 152 Å². The maximum atomic E-state index is 12.8. The molecule has 0 saturated carbocycles. The zero-order valence-corrected chi connectivity index (χ0v) is 14.7. The zero-order chi connectivity index (χ0) is 17.9. The van der Waals surface area contributed by atoms with E-state index in [-0.39, 0.29) is 5.91 Å². The Hall–Kier alpha value is -3.21. The summed E-state index contributed by atoms with van der Waals surface area (Å²) in [5.74, 6) is 0.555. The fourth-order valence-corrected chi connectivity index (χ4v) is 3.26. The van der Waals surface area contributed by atoms with Gasteiger partial charge in [-0.1, -0.05) is 48.5 Å². The molecule has 0 aliphatic carbocycles. The Morgan fingerprint density at radius 3 is 2.50 bits per heavy atom. The van der Waals surface area contributed by atoms with Crippen molar-refractivity contribution in [3.8, 4) is 0 Å². The number of benzene rings is 2. The second-order valence-electron chi connectivity index (χ2n) is 6.45. The van der Waals surface area contributed by atoms with Gasteiger partial charge in [0.25, 0.3) is 5.91 Å². The van der Waals surface area contributed by atoms with Gasteiger partial charge in [0, 0.05) is 38.2 Å². The SMILES string of the molecule is CN(Cc1ccccc1)c1ncc(C(=O)N2CCc3ccccc32)cn1. The summed E-state index contributed by atoms with van der Waals surface area (Å²) in [7, 11) is 1.94. The highest BCUT2D eigenvalue weighted by atomic mass is 16.2. The van der Waals surface area contributed by atoms with Gasteiger partial charge in [-0.15, -0.1) is 0 Å². The van der Waals surface area contributed by atoms with Crippen molar-refractivity contribution in [1.29, 1.82) is 0 Å². The lowest BCUT2D eigenvalue weighted by molar-refractivity contribution is 0.0988. The molecule has 1 amide bonds. The van der Waals surface area contributed by atoms with Gasteiger partial charge in [-0.2, -0.15) is 0 Å². The molecule has 2 heterocycles. The Morgan fingerprint density at radius 1 is 1.04 bits per heavy atom. The van der Waals surface area contributed by atoms with Crippen LogP contribution < -0.4 is 9.80 Å². The molecule has 1 aromatic heterocycles. The van der Waals surface area contributed by atoms with E-state index in [9.17, 15) is 4.79 Å². The fraction of sp³-hybridized carbons (Fsp3) is 0.190. The van der Waals surface area contributed by atoms with Crippen LogP contribution in [0.5, 0.6) is 0 Å². The number of para-hydroxylation sites is 1. The Bertz CT molecular complexity index is 909. The monoisotopic (exact) mass is 344 g/mol. The fourth-order valence-electron chi connectivity index (χ4n) is 3.26. The van der Waals surface area contributed by atoms with Gasteiger partial charge in [0.05, 0.1) is 5.56 Å². The third-order valence-electron chi connectivity index (χ3n) is 4.62. The molecule has 0 saturated heterocycles. The average molecular weight is 344 g/mol. The van der Waals surface area contributed by atoms with Crippen LogP contribution in [0.25, 0.3) is 0 Å². The van der Waals surface area contributed by atoms with Crippen LogP contribution in [0, 0.1) is 0 Å². The van der Waals surface area contributed by atoms with Crippen LogP contribution in [0.3, 0.4) is 0 Å². The lowest BCUT2D eigenvalue weighted by atomic mass is 10.2. The topological polar surface area (TPSA) is 49.3 Å². The lowest BCUT2D eigenvalue weighted by Crippen LogP contribution is -2.29. The molecule has 0 unspecified atom stereocenters. The van der Waals surface area contributed by atoms with Crippen molar-refractivity contribution in [2.75, 3.05) is 23.4 Å². The van der Waals surface area contributed by atoms with E-state index in [4.69, 9.17) is 0 Å². The number of aromatic nitrogens is 2. The van der Waals surface area contributed by atoms with Gasteiger partial charge in [-0.25, -0.2) is 9.97 Å². The van der Waals surface area contributed by atoms with E-state index < -0.39 is 0 Å². The number of carbonyl (C=O) groups is 1. The average Bonchev–Trinajstić information content (AvgIpc) is 3.12. The summed E-state index contributed by atoms with van der Waals surface area (Å²) in [5, 5.41) is 0. The summed E-state index contributed by atoms with van der Waals surface area (Å²) in [5.41, 5.74) is 3.90. The Balaban J connectivity index is 1.48. The van der Waals surface area contributed by atoms with E-state index in [1.807, 2.05) is 48.3 Å². The van der Waals surface area contributed by atoms with Crippen LogP contribution in [-0.4, -0.2) is 29.5 Å². The highest BCUT2D eigenvalue weighted by molar-refractivity contribution is 6.06. The summed E-state index contributed by atoms with van der Waals surface area (Å²) in [6.45, 7) is 1.42. The highest BCUT2D eigenvalue weighted by Gasteiger charge is 2.25. The number of nitrogens with zero attached hydrogens (tertiary/aromatic N) is 4. The lowest BCUT2D eigenvalue weighted by Gasteiger charge is -2.19. The van der Waals surface area contributed by atoms with Gasteiger partial charge in [0.2, 0.25) is 5.95 Å². The molecular formula is C21H20N4O. The number of hydrogen-bond donors (Lipinski definition) is 0. The van der Waals surface area contributed by atoms with Crippen LogP contribution in [0.4, 0.5) is 11.6 Å². The molecule has 2 aromatic carbocycles. The maximum absolute atomic E-state index is 12.8. The van der Waals surface area contributed by atoms with Crippen molar-refractivity contribution < 1.29 is 4.79 Å². The largest absolute Gasteiger partial charge is 0.340 e. The van der Waals surface area contributed by atoms with Crippen molar-refractivity contribution in [1.82, 2.24) is 9.97 Å². The third-order valence-corrected chi connectivity index (χ3v) is 4.62. The van der Waals surface area contributed by atoms with Crippen molar-refractivity contribution in [2.24, 2.45) is 0 Å². The third kappa shape index (κ3) is 3.16. The molecule has 0 N–H and O–H groups in total. The van der Waals surface area contributed by atoms with Crippen LogP contribution in [0.1, 0.15) is 21.5 Å². The number of fused-ring (bicyclic) bond motifs is 1. The first-order chi connectivity index (χ1) is 12.7. The quantitative estimate of drug-likeness (QED) is 0.728. The van der Waals surface area contributed by atoms with Crippen molar-refractivity contribution in [3.63, 3.8) is 0 Å². The molecule has 130 valence electrons. The summed E-state index contributed by atoms with van der Waals surface area (Å²) in [6, 6.07) is 18.2. The molecule has 4 rings (SSSR count). The van der Waals surface area contributed by atoms with Crippen LogP contribution >= 0.6 is 0 Å². The molecule has 0 atom stereocenters. The second-order valence-corrected chi connectivity index (χ2v) is 6.45. The minimum atomic E-state index is -0.0489. The molecule has 3 aromatic rings. The Morgan fingerprint density at radius 2 is 1.73 bits per heavy atom. The van der Waals surface area contributed by atoms with E-state index in [0.717, 1.165) is 12.1 Å². The summed E-state index contributed by atoms with van der Waals surface area (Å²) in [4.78, 5) is 25.4. The smallest absolute Gasteiger partial charge is 0.261 e. The predicted octanol–water partition coefficient (Wildman–Crippen LogP) is 3.32. The first-order valence-corrected chi connectivity index (χ1v) is 8.69. The van der Waals surface area contributed by atoms with Crippen LogP contribution in [-0.2, 0) is 13.0 Å². The van der Waals surface area contributed by atoms with Gasteiger partial charge >= 0.3 is 0 Å². The number of rotatable bonds is 4. The van der Waals surface area contributed by atoms with Crippen molar-refractivity contribution >= 4 is 17.5 Å². The summed E-state index contributed by atoms with van der Waals surface area (Å²) in [6.07, 6.45) is 4.13.